The SMILES string of the molecule is COc1cc2c(cc1OC)C(C)(C)CN(C(=O)COc1cccc(F)c1)C2. The van der Waals surface area contributed by atoms with E-state index >= 15 is 0 Å². The molecular weight excluding hydrogens is 349 g/mol. The third-order valence-electron chi connectivity index (χ3n) is 4.80. The smallest absolute Gasteiger partial charge is 0.260 e. The van der Waals surface area contributed by atoms with Gasteiger partial charge in [0.25, 0.3) is 5.91 Å². The Bertz CT molecular complexity index is 850. The molecule has 1 amide bonds. The van der Waals surface area contributed by atoms with E-state index in [1.54, 1.807) is 31.3 Å². The first-order valence-electron chi connectivity index (χ1n) is 8.75. The molecule has 0 fully saturated rings. The summed E-state index contributed by atoms with van der Waals surface area (Å²) in [5.74, 6) is 1.11. The zero-order chi connectivity index (χ0) is 19.6. The number of carbonyl (C=O) groups is 1. The Hall–Kier alpha value is -2.76. The summed E-state index contributed by atoms with van der Waals surface area (Å²) in [5.41, 5.74) is 1.90. The van der Waals surface area contributed by atoms with Gasteiger partial charge in [-0.1, -0.05) is 19.9 Å². The molecule has 1 aliphatic heterocycles. The molecule has 1 heterocycles. The summed E-state index contributed by atoms with van der Waals surface area (Å²) in [5, 5.41) is 0. The van der Waals surface area contributed by atoms with E-state index < -0.39 is 5.82 Å². The van der Waals surface area contributed by atoms with Gasteiger partial charge in [0, 0.05) is 24.6 Å². The van der Waals surface area contributed by atoms with Crippen molar-refractivity contribution >= 4 is 5.91 Å². The molecule has 2 aromatic carbocycles. The van der Waals surface area contributed by atoms with Crippen LogP contribution in [0.4, 0.5) is 4.39 Å². The fourth-order valence-electron chi connectivity index (χ4n) is 3.48. The predicted molar refractivity (Wildman–Crippen MR) is 99.9 cm³/mol. The highest BCUT2D eigenvalue weighted by atomic mass is 19.1. The zero-order valence-corrected chi connectivity index (χ0v) is 16.0. The minimum absolute atomic E-state index is 0.137. The molecule has 0 aliphatic carbocycles. The number of hydrogen-bond acceptors (Lipinski definition) is 4. The molecule has 5 nitrogen and oxygen atoms in total. The van der Waals surface area contributed by atoms with Crippen LogP contribution in [0.3, 0.4) is 0 Å². The highest BCUT2D eigenvalue weighted by molar-refractivity contribution is 5.78. The number of ether oxygens (including phenoxy) is 3. The molecule has 0 aromatic heterocycles. The van der Waals surface area contributed by atoms with E-state index in [9.17, 15) is 9.18 Å². The molecule has 0 saturated carbocycles. The Labute approximate surface area is 158 Å². The number of carbonyl (C=O) groups excluding carboxylic acids is 1. The number of hydrogen-bond donors (Lipinski definition) is 0. The Balaban J connectivity index is 1.78. The van der Waals surface area contributed by atoms with Crippen LogP contribution in [-0.4, -0.2) is 38.2 Å². The van der Waals surface area contributed by atoms with Crippen LogP contribution in [-0.2, 0) is 16.8 Å². The maximum absolute atomic E-state index is 13.2. The van der Waals surface area contributed by atoms with E-state index in [0.717, 1.165) is 11.1 Å². The summed E-state index contributed by atoms with van der Waals surface area (Å²) >= 11 is 0. The van der Waals surface area contributed by atoms with Crippen molar-refractivity contribution in [2.75, 3.05) is 27.4 Å². The first kappa shape index (κ1) is 19.0. The Morgan fingerprint density at radius 2 is 1.85 bits per heavy atom. The lowest BCUT2D eigenvalue weighted by Crippen LogP contribution is -2.46. The monoisotopic (exact) mass is 373 g/mol. The molecule has 0 atom stereocenters. The molecule has 3 rings (SSSR count). The van der Waals surface area contributed by atoms with E-state index in [2.05, 4.69) is 13.8 Å². The van der Waals surface area contributed by atoms with Crippen molar-refractivity contribution in [1.29, 1.82) is 0 Å². The fraction of sp³-hybridized carbons (Fsp3) is 0.381. The summed E-state index contributed by atoms with van der Waals surface area (Å²) in [7, 11) is 3.20. The second-order valence-electron chi connectivity index (χ2n) is 7.24. The molecule has 27 heavy (non-hydrogen) atoms. The average molecular weight is 373 g/mol. The number of benzene rings is 2. The standard InChI is InChI=1S/C21H24FNO4/c1-21(2)13-23(20(24)12-27-16-7-5-6-15(22)9-16)11-14-8-18(25-3)19(26-4)10-17(14)21/h5-10H,11-13H2,1-4H3. The van der Waals surface area contributed by atoms with Crippen LogP contribution >= 0.6 is 0 Å². The van der Waals surface area contributed by atoms with Crippen molar-refractivity contribution in [2.24, 2.45) is 0 Å². The topological polar surface area (TPSA) is 48.0 Å². The van der Waals surface area contributed by atoms with Gasteiger partial charge in [-0.15, -0.1) is 0 Å². The van der Waals surface area contributed by atoms with Crippen molar-refractivity contribution in [2.45, 2.75) is 25.8 Å². The van der Waals surface area contributed by atoms with Crippen LogP contribution in [0.1, 0.15) is 25.0 Å². The summed E-state index contributed by atoms with van der Waals surface area (Å²) in [6, 6.07) is 9.68. The highest BCUT2D eigenvalue weighted by Gasteiger charge is 2.35. The molecule has 0 spiro atoms. The molecule has 1 aliphatic rings. The largest absolute Gasteiger partial charge is 0.493 e. The zero-order valence-electron chi connectivity index (χ0n) is 16.0. The third kappa shape index (κ3) is 3.99. The van der Waals surface area contributed by atoms with E-state index in [1.807, 2.05) is 12.1 Å². The van der Waals surface area contributed by atoms with Gasteiger partial charge in [0.2, 0.25) is 0 Å². The number of halogens is 1. The number of fused-ring (bicyclic) bond motifs is 1. The van der Waals surface area contributed by atoms with E-state index in [4.69, 9.17) is 14.2 Å². The normalized spacial score (nSPS) is 15.1. The second-order valence-corrected chi connectivity index (χ2v) is 7.24. The summed E-state index contributed by atoms with van der Waals surface area (Å²) in [6.45, 7) is 5.06. The number of methoxy groups -OCH3 is 2. The molecule has 144 valence electrons. The van der Waals surface area contributed by atoms with Gasteiger partial charge in [0.1, 0.15) is 11.6 Å². The fourth-order valence-corrected chi connectivity index (χ4v) is 3.48. The highest BCUT2D eigenvalue weighted by Crippen LogP contribution is 2.40. The molecule has 0 radical (unpaired) electrons. The molecule has 0 N–H and O–H groups in total. The molecule has 0 bridgehead atoms. The first-order chi connectivity index (χ1) is 12.8. The minimum atomic E-state index is -0.394. The number of rotatable bonds is 5. The maximum atomic E-state index is 13.2. The Morgan fingerprint density at radius 1 is 1.15 bits per heavy atom. The van der Waals surface area contributed by atoms with Gasteiger partial charge in [-0.2, -0.15) is 0 Å². The van der Waals surface area contributed by atoms with Gasteiger partial charge in [0.15, 0.2) is 18.1 Å². The van der Waals surface area contributed by atoms with Gasteiger partial charge in [-0.3, -0.25) is 4.79 Å². The molecule has 2 aromatic rings. The van der Waals surface area contributed by atoms with Gasteiger partial charge in [-0.05, 0) is 35.4 Å². The van der Waals surface area contributed by atoms with Gasteiger partial charge in [0.05, 0.1) is 14.2 Å². The van der Waals surface area contributed by atoms with Gasteiger partial charge in [-0.25, -0.2) is 4.39 Å². The van der Waals surface area contributed by atoms with Crippen molar-refractivity contribution in [3.8, 4) is 17.2 Å². The van der Waals surface area contributed by atoms with Crippen LogP contribution in [0, 0.1) is 5.82 Å². The van der Waals surface area contributed by atoms with Crippen LogP contribution < -0.4 is 14.2 Å². The minimum Gasteiger partial charge on any atom is -0.493 e. The van der Waals surface area contributed by atoms with Crippen LogP contribution in [0.2, 0.25) is 0 Å². The Morgan fingerprint density at radius 3 is 2.52 bits per heavy atom. The van der Waals surface area contributed by atoms with Gasteiger partial charge >= 0.3 is 0 Å². The van der Waals surface area contributed by atoms with E-state index in [1.165, 1.54) is 12.1 Å². The summed E-state index contributed by atoms with van der Waals surface area (Å²) in [4.78, 5) is 14.4. The van der Waals surface area contributed by atoms with Crippen molar-refractivity contribution in [1.82, 2.24) is 4.90 Å². The van der Waals surface area contributed by atoms with Crippen molar-refractivity contribution in [3.05, 3.63) is 53.3 Å². The molecule has 6 heteroatoms. The van der Waals surface area contributed by atoms with E-state index in [0.29, 0.717) is 30.3 Å². The number of nitrogens with zero attached hydrogens (tertiary/aromatic N) is 1. The lowest BCUT2D eigenvalue weighted by molar-refractivity contribution is -0.135. The van der Waals surface area contributed by atoms with Crippen LogP contribution in [0.25, 0.3) is 0 Å². The van der Waals surface area contributed by atoms with Crippen LogP contribution in [0.15, 0.2) is 36.4 Å². The van der Waals surface area contributed by atoms with Crippen molar-refractivity contribution in [3.63, 3.8) is 0 Å². The average Bonchev–Trinajstić information content (AvgIpc) is 2.64. The van der Waals surface area contributed by atoms with E-state index in [-0.39, 0.29) is 17.9 Å². The lowest BCUT2D eigenvalue weighted by Gasteiger charge is -2.40. The lowest BCUT2D eigenvalue weighted by atomic mass is 9.78. The predicted octanol–water partition coefficient (Wildman–Crippen LogP) is 3.54. The third-order valence-corrected chi connectivity index (χ3v) is 4.80. The quantitative estimate of drug-likeness (QED) is 0.804. The second kappa shape index (κ2) is 7.47. The molecule has 0 saturated heterocycles. The van der Waals surface area contributed by atoms with Gasteiger partial charge < -0.3 is 19.1 Å². The Kier molecular flexibility index (Phi) is 5.26. The first-order valence-corrected chi connectivity index (χ1v) is 8.75. The summed E-state index contributed by atoms with van der Waals surface area (Å²) in [6.07, 6.45) is 0. The molecular formula is C21H24FNO4. The van der Waals surface area contributed by atoms with Crippen molar-refractivity contribution < 1.29 is 23.4 Å². The summed E-state index contributed by atoms with van der Waals surface area (Å²) < 4.78 is 29.5. The number of amides is 1. The molecule has 0 unspecified atom stereocenters. The maximum Gasteiger partial charge on any atom is 0.260 e. The van der Waals surface area contributed by atoms with Crippen LogP contribution in [0.5, 0.6) is 17.2 Å².